The summed E-state index contributed by atoms with van der Waals surface area (Å²) in [7, 11) is 0. The summed E-state index contributed by atoms with van der Waals surface area (Å²) in [6.45, 7) is 4.33. The van der Waals surface area contributed by atoms with Crippen LogP contribution in [0.15, 0.2) is 36.5 Å². The molecule has 5 heteroatoms. The summed E-state index contributed by atoms with van der Waals surface area (Å²) in [6.07, 6.45) is 5.85. The predicted octanol–water partition coefficient (Wildman–Crippen LogP) is 2.85. The van der Waals surface area contributed by atoms with Crippen LogP contribution >= 0.6 is 0 Å². The summed E-state index contributed by atoms with van der Waals surface area (Å²) in [5.74, 6) is 0.537. The lowest BCUT2D eigenvalue weighted by molar-refractivity contribution is 0.0711. The molecule has 0 bridgehead atoms. The monoisotopic (exact) mass is 341 g/mol. The zero-order chi connectivity index (χ0) is 17.6. The number of likely N-dealkylation sites (tertiary alicyclic amines) is 1. The number of rotatable bonds is 6. The van der Waals surface area contributed by atoms with E-state index in [0.29, 0.717) is 12.5 Å². The van der Waals surface area contributed by atoms with Crippen molar-refractivity contribution in [2.75, 3.05) is 19.7 Å². The molecule has 1 N–H and O–H groups in total. The molecule has 1 saturated heterocycles. The zero-order valence-corrected chi connectivity index (χ0v) is 14.9. The molecule has 0 radical (unpaired) electrons. The molecule has 1 amide bonds. The standard InChI is InChI=1S/C20H27N3O2/c1-2-3-16-4-6-18(7-5-16)20(25)22-12-9-17(10-13-22)19-8-11-21-23(19)14-15-24/h4-8,11,17,24H,2-3,9-10,12-15H2,1H3. The normalized spacial score (nSPS) is 15.5. The molecule has 1 aromatic carbocycles. The van der Waals surface area contributed by atoms with Crippen molar-refractivity contribution >= 4 is 5.91 Å². The largest absolute Gasteiger partial charge is 0.394 e. The van der Waals surface area contributed by atoms with Gasteiger partial charge in [-0.2, -0.15) is 5.10 Å². The summed E-state index contributed by atoms with van der Waals surface area (Å²) in [5, 5.41) is 13.4. The third-order valence-electron chi connectivity index (χ3n) is 5.00. The second-order valence-corrected chi connectivity index (χ2v) is 6.72. The summed E-state index contributed by atoms with van der Waals surface area (Å²) in [4.78, 5) is 14.7. The minimum atomic E-state index is 0.0973. The maximum atomic E-state index is 12.7. The van der Waals surface area contributed by atoms with Gasteiger partial charge in [-0.3, -0.25) is 9.48 Å². The Hall–Kier alpha value is -2.14. The van der Waals surface area contributed by atoms with Crippen LogP contribution in [0.25, 0.3) is 0 Å². The lowest BCUT2D eigenvalue weighted by Crippen LogP contribution is -2.38. The zero-order valence-electron chi connectivity index (χ0n) is 14.9. The highest BCUT2D eigenvalue weighted by atomic mass is 16.3. The van der Waals surface area contributed by atoms with Crippen LogP contribution < -0.4 is 0 Å². The molecule has 2 aromatic rings. The minimum absolute atomic E-state index is 0.0973. The average Bonchev–Trinajstić information content (AvgIpc) is 3.11. The number of aromatic nitrogens is 2. The molecule has 1 aromatic heterocycles. The maximum absolute atomic E-state index is 12.7. The van der Waals surface area contributed by atoms with Crippen LogP contribution in [0, 0.1) is 0 Å². The molecule has 0 saturated carbocycles. The van der Waals surface area contributed by atoms with Crippen LogP contribution in [-0.2, 0) is 13.0 Å². The number of benzene rings is 1. The third-order valence-corrected chi connectivity index (χ3v) is 5.00. The average molecular weight is 341 g/mol. The molecule has 5 nitrogen and oxygen atoms in total. The van der Waals surface area contributed by atoms with Crippen molar-refractivity contribution in [3.63, 3.8) is 0 Å². The van der Waals surface area contributed by atoms with Crippen LogP contribution in [0.2, 0.25) is 0 Å². The first-order valence-electron chi connectivity index (χ1n) is 9.23. The molecule has 0 atom stereocenters. The Morgan fingerprint density at radius 3 is 2.56 bits per heavy atom. The van der Waals surface area contributed by atoms with E-state index in [2.05, 4.69) is 24.2 Å². The number of piperidine rings is 1. The van der Waals surface area contributed by atoms with Crippen molar-refractivity contribution in [1.82, 2.24) is 14.7 Å². The Kier molecular flexibility index (Phi) is 5.87. The van der Waals surface area contributed by atoms with Gasteiger partial charge < -0.3 is 10.0 Å². The van der Waals surface area contributed by atoms with Gasteiger partial charge in [0.1, 0.15) is 0 Å². The van der Waals surface area contributed by atoms with Gasteiger partial charge in [0, 0.05) is 36.5 Å². The number of nitrogens with zero attached hydrogens (tertiary/aromatic N) is 3. The van der Waals surface area contributed by atoms with Crippen LogP contribution in [0.5, 0.6) is 0 Å². The Morgan fingerprint density at radius 1 is 1.20 bits per heavy atom. The Balaban J connectivity index is 1.59. The number of hydrogen-bond acceptors (Lipinski definition) is 3. The smallest absolute Gasteiger partial charge is 0.253 e. The highest BCUT2D eigenvalue weighted by Crippen LogP contribution is 2.28. The first kappa shape index (κ1) is 17.7. The van der Waals surface area contributed by atoms with Crippen LogP contribution in [0.1, 0.15) is 53.7 Å². The predicted molar refractivity (Wildman–Crippen MR) is 97.6 cm³/mol. The van der Waals surface area contributed by atoms with Gasteiger partial charge in [0.25, 0.3) is 5.91 Å². The van der Waals surface area contributed by atoms with E-state index in [1.807, 2.05) is 27.8 Å². The molecule has 25 heavy (non-hydrogen) atoms. The lowest BCUT2D eigenvalue weighted by Gasteiger charge is -2.32. The Bertz CT molecular complexity index is 685. The summed E-state index contributed by atoms with van der Waals surface area (Å²) in [6, 6.07) is 10.1. The summed E-state index contributed by atoms with van der Waals surface area (Å²) >= 11 is 0. The first-order chi connectivity index (χ1) is 12.2. The van der Waals surface area contributed by atoms with Crippen molar-refractivity contribution in [3.05, 3.63) is 53.3 Å². The van der Waals surface area contributed by atoms with Gasteiger partial charge in [-0.25, -0.2) is 0 Å². The first-order valence-corrected chi connectivity index (χ1v) is 9.23. The number of carbonyl (C=O) groups is 1. The number of aryl methyl sites for hydroxylation is 1. The van der Waals surface area contributed by atoms with E-state index in [1.165, 1.54) is 11.3 Å². The van der Waals surface area contributed by atoms with E-state index in [4.69, 9.17) is 5.11 Å². The van der Waals surface area contributed by atoms with Gasteiger partial charge in [-0.15, -0.1) is 0 Å². The molecule has 1 fully saturated rings. The fourth-order valence-corrected chi connectivity index (χ4v) is 3.63. The van der Waals surface area contributed by atoms with E-state index in [9.17, 15) is 4.79 Å². The van der Waals surface area contributed by atoms with E-state index < -0.39 is 0 Å². The summed E-state index contributed by atoms with van der Waals surface area (Å²) in [5.41, 5.74) is 3.24. The lowest BCUT2D eigenvalue weighted by atomic mass is 9.93. The van der Waals surface area contributed by atoms with Crippen molar-refractivity contribution < 1.29 is 9.90 Å². The molecule has 1 aliphatic rings. The van der Waals surface area contributed by atoms with Crippen molar-refractivity contribution in [2.45, 2.75) is 45.1 Å². The number of aliphatic hydroxyl groups excluding tert-OH is 1. The number of hydrogen-bond donors (Lipinski definition) is 1. The Morgan fingerprint density at radius 2 is 1.92 bits per heavy atom. The topological polar surface area (TPSA) is 58.4 Å². The van der Waals surface area contributed by atoms with Gasteiger partial charge >= 0.3 is 0 Å². The molecular weight excluding hydrogens is 314 g/mol. The highest BCUT2D eigenvalue weighted by molar-refractivity contribution is 5.94. The van der Waals surface area contributed by atoms with Crippen LogP contribution in [-0.4, -0.2) is 45.4 Å². The van der Waals surface area contributed by atoms with E-state index >= 15 is 0 Å². The Labute approximate surface area is 149 Å². The fourth-order valence-electron chi connectivity index (χ4n) is 3.63. The molecule has 1 aliphatic heterocycles. The van der Waals surface area contributed by atoms with Crippen molar-refractivity contribution in [2.24, 2.45) is 0 Å². The third kappa shape index (κ3) is 4.10. The molecule has 3 rings (SSSR count). The minimum Gasteiger partial charge on any atom is -0.394 e. The summed E-state index contributed by atoms with van der Waals surface area (Å²) < 4.78 is 1.88. The maximum Gasteiger partial charge on any atom is 0.253 e. The molecule has 134 valence electrons. The van der Waals surface area contributed by atoms with Gasteiger partial charge in [-0.05, 0) is 43.0 Å². The second-order valence-electron chi connectivity index (χ2n) is 6.72. The van der Waals surface area contributed by atoms with Gasteiger partial charge in [0.15, 0.2) is 0 Å². The van der Waals surface area contributed by atoms with E-state index in [1.54, 1.807) is 6.20 Å². The number of carbonyl (C=O) groups excluding carboxylic acids is 1. The second kappa shape index (κ2) is 8.30. The van der Waals surface area contributed by atoms with Gasteiger partial charge in [-0.1, -0.05) is 25.5 Å². The fraction of sp³-hybridized carbons (Fsp3) is 0.500. The van der Waals surface area contributed by atoms with Gasteiger partial charge in [0.2, 0.25) is 0 Å². The number of aliphatic hydroxyl groups is 1. The van der Waals surface area contributed by atoms with E-state index in [0.717, 1.165) is 44.3 Å². The molecule has 0 unspecified atom stereocenters. The van der Waals surface area contributed by atoms with E-state index in [-0.39, 0.29) is 12.5 Å². The molecule has 0 aliphatic carbocycles. The number of amides is 1. The van der Waals surface area contributed by atoms with Crippen LogP contribution in [0.4, 0.5) is 0 Å². The SMILES string of the molecule is CCCc1ccc(C(=O)N2CCC(c3ccnn3CCO)CC2)cc1. The van der Waals surface area contributed by atoms with Gasteiger partial charge in [0.05, 0.1) is 13.2 Å². The molecule has 2 heterocycles. The molecule has 0 spiro atoms. The van der Waals surface area contributed by atoms with Crippen LogP contribution in [0.3, 0.4) is 0 Å². The van der Waals surface area contributed by atoms with Crippen molar-refractivity contribution in [3.8, 4) is 0 Å². The molecular formula is C20H27N3O2. The quantitative estimate of drug-likeness (QED) is 0.879. The highest BCUT2D eigenvalue weighted by Gasteiger charge is 2.26. The van der Waals surface area contributed by atoms with Crippen molar-refractivity contribution in [1.29, 1.82) is 0 Å².